The standard InChI is InChI=1S/C26H20ClN3O2/c1-13-9-10-17(27)20-21(13)29-22-16(26(20,2)3)12-30-19-8-6-5-7-14(19)15-11-18(25(31)32-4)28-23(22)24(15)30/h5-12H,1-4H3. The van der Waals surface area contributed by atoms with Gasteiger partial charge in [-0.2, -0.15) is 0 Å². The van der Waals surface area contributed by atoms with E-state index in [4.69, 9.17) is 26.3 Å². The minimum Gasteiger partial charge on any atom is -0.464 e. The number of hydrogen-bond acceptors (Lipinski definition) is 4. The lowest BCUT2D eigenvalue weighted by Crippen LogP contribution is -2.33. The molecule has 0 N–H and O–H groups in total. The minimum absolute atomic E-state index is 0.272. The molecule has 1 aliphatic heterocycles. The molecule has 32 heavy (non-hydrogen) atoms. The Morgan fingerprint density at radius 2 is 1.91 bits per heavy atom. The first-order valence-electron chi connectivity index (χ1n) is 10.5. The van der Waals surface area contributed by atoms with Gasteiger partial charge in [0.2, 0.25) is 0 Å². The second-order valence-electron chi connectivity index (χ2n) is 8.85. The van der Waals surface area contributed by atoms with E-state index in [1.54, 1.807) is 0 Å². The maximum atomic E-state index is 12.5. The van der Waals surface area contributed by atoms with E-state index in [1.807, 2.05) is 37.3 Å². The highest BCUT2D eigenvalue weighted by atomic mass is 35.5. The summed E-state index contributed by atoms with van der Waals surface area (Å²) in [5.74, 6) is -0.466. The first-order valence-corrected chi connectivity index (χ1v) is 10.8. The molecule has 158 valence electrons. The van der Waals surface area contributed by atoms with Crippen LogP contribution in [0, 0.1) is 6.92 Å². The maximum absolute atomic E-state index is 12.5. The van der Waals surface area contributed by atoms with Crippen molar-refractivity contribution in [1.29, 1.82) is 0 Å². The van der Waals surface area contributed by atoms with Gasteiger partial charge in [-0.1, -0.05) is 49.7 Å². The van der Waals surface area contributed by atoms with E-state index in [-0.39, 0.29) is 5.69 Å². The van der Waals surface area contributed by atoms with Crippen molar-refractivity contribution in [3.05, 3.63) is 81.4 Å². The van der Waals surface area contributed by atoms with E-state index < -0.39 is 11.4 Å². The lowest BCUT2D eigenvalue weighted by atomic mass is 9.75. The largest absolute Gasteiger partial charge is 0.464 e. The smallest absolute Gasteiger partial charge is 0.356 e. The van der Waals surface area contributed by atoms with Gasteiger partial charge in [-0.3, -0.25) is 0 Å². The first-order chi connectivity index (χ1) is 15.3. The fourth-order valence-corrected chi connectivity index (χ4v) is 5.46. The van der Waals surface area contributed by atoms with Gasteiger partial charge in [0.25, 0.3) is 0 Å². The molecule has 4 heterocycles. The number of rotatable bonds is 1. The number of carbonyl (C=O) groups is 1. The quantitative estimate of drug-likeness (QED) is 0.313. The van der Waals surface area contributed by atoms with Gasteiger partial charge in [0.05, 0.1) is 29.2 Å². The topological polar surface area (TPSA) is 56.0 Å². The van der Waals surface area contributed by atoms with Crippen LogP contribution in [0.5, 0.6) is 0 Å². The Kier molecular flexibility index (Phi) is 3.79. The highest BCUT2D eigenvalue weighted by Gasteiger charge is 2.35. The summed E-state index contributed by atoms with van der Waals surface area (Å²) in [4.78, 5) is 22.4. The number of fused-ring (bicyclic) bond motifs is 6. The van der Waals surface area contributed by atoms with Crippen LogP contribution in [0.4, 0.5) is 5.69 Å². The predicted octanol–water partition coefficient (Wildman–Crippen LogP) is 5.70. The molecule has 5 aromatic rings. The monoisotopic (exact) mass is 441 g/mol. The zero-order chi connectivity index (χ0) is 22.4. The second kappa shape index (κ2) is 6.30. The summed E-state index contributed by atoms with van der Waals surface area (Å²) in [5, 5.41) is 3.48. The number of aromatic nitrogens is 2. The number of para-hydroxylation sites is 1. The Bertz CT molecular complexity index is 1680. The van der Waals surface area contributed by atoms with Crippen LogP contribution in [0.15, 0.2) is 53.7 Å². The summed E-state index contributed by atoms with van der Waals surface area (Å²) < 4.78 is 7.18. The molecule has 6 rings (SSSR count). The number of pyridine rings is 2. The van der Waals surface area contributed by atoms with Crippen LogP contribution in [0.25, 0.3) is 27.3 Å². The molecule has 0 amide bonds. The molecule has 0 saturated heterocycles. The Hall–Kier alpha value is -3.44. The van der Waals surface area contributed by atoms with Gasteiger partial charge < -0.3 is 9.14 Å². The summed E-state index contributed by atoms with van der Waals surface area (Å²) in [7, 11) is 1.37. The molecule has 2 aromatic carbocycles. The first kappa shape index (κ1) is 19.3. The molecule has 1 aliphatic rings. The molecule has 0 atom stereocenters. The van der Waals surface area contributed by atoms with Crippen molar-refractivity contribution in [3.63, 3.8) is 0 Å². The van der Waals surface area contributed by atoms with Crippen molar-refractivity contribution in [3.8, 4) is 0 Å². The third-order valence-corrected chi connectivity index (χ3v) is 6.99. The molecule has 3 aromatic heterocycles. The fraction of sp³-hybridized carbons (Fsp3) is 0.192. The number of carbonyl (C=O) groups excluding carboxylic acids is 1. The van der Waals surface area contributed by atoms with Gasteiger partial charge in [0.15, 0.2) is 0 Å². The minimum atomic E-state index is -0.466. The van der Waals surface area contributed by atoms with E-state index in [2.05, 4.69) is 36.6 Å². The number of methoxy groups -OCH3 is 1. The van der Waals surface area contributed by atoms with Crippen molar-refractivity contribution in [2.45, 2.75) is 26.2 Å². The van der Waals surface area contributed by atoms with Crippen molar-refractivity contribution < 1.29 is 9.53 Å². The van der Waals surface area contributed by atoms with Crippen LogP contribution in [0.1, 0.15) is 41.0 Å². The van der Waals surface area contributed by atoms with Crippen LogP contribution in [-0.4, -0.2) is 22.5 Å². The second-order valence-corrected chi connectivity index (χ2v) is 9.25. The third kappa shape index (κ3) is 2.32. The van der Waals surface area contributed by atoms with Crippen LogP contribution >= 0.6 is 11.6 Å². The number of halogens is 1. The summed E-state index contributed by atoms with van der Waals surface area (Å²) in [6.45, 7) is 6.36. The fourth-order valence-electron chi connectivity index (χ4n) is 5.07. The number of ether oxygens (including phenoxy) is 1. The number of benzene rings is 2. The Labute approximate surface area is 189 Å². The molecule has 0 unspecified atom stereocenters. The lowest BCUT2D eigenvalue weighted by molar-refractivity contribution is 0.0594. The van der Waals surface area contributed by atoms with E-state index in [9.17, 15) is 4.79 Å². The molecule has 0 bridgehead atoms. The number of nitrogens with zero attached hydrogens (tertiary/aromatic N) is 3. The van der Waals surface area contributed by atoms with Crippen LogP contribution in [0.2, 0.25) is 5.02 Å². The van der Waals surface area contributed by atoms with Gasteiger partial charge in [-0.15, -0.1) is 0 Å². The summed E-state index contributed by atoms with van der Waals surface area (Å²) in [6, 6.07) is 13.9. The molecule has 0 aliphatic carbocycles. The lowest BCUT2D eigenvalue weighted by Gasteiger charge is -2.32. The highest BCUT2D eigenvalue weighted by Crippen LogP contribution is 2.45. The number of hydrogen-bond donors (Lipinski definition) is 0. The molecule has 0 saturated carbocycles. The van der Waals surface area contributed by atoms with Crippen molar-refractivity contribution in [2.75, 3.05) is 7.11 Å². The zero-order valence-electron chi connectivity index (χ0n) is 18.2. The summed E-state index contributed by atoms with van der Waals surface area (Å²) in [5.41, 5.74) is 6.50. The van der Waals surface area contributed by atoms with E-state index >= 15 is 0 Å². The number of esters is 1. The Balaban J connectivity index is 1.91. The van der Waals surface area contributed by atoms with Crippen LogP contribution in [-0.2, 0) is 10.2 Å². The van der Waals surface area contributed by atoms with E-state index in [0.717, 1.165) is 49.5 Å². The zero-order valence-corrected chi connectivity index (χ0v) is 18.9. The average Bonchev–Trinajstić information content (AvgIpc) is 3.10. The SMILES string of the molecule is COC(=O)c1cc2c3ccccc3n3cc4c(c(n1)c23)=Nc1c(C)ccc(Cl)c1C4(C)C. The van der Waals surface area contributed by atoms with Gasteiger partial charge in [0, 0.05) is 38.5 Å². The predicted molar refractivity (Wildman–Crippen MR) is 126 cm³/mol. The summed E-state index contributed by atoms with van der Waals surface area (Å²) >= 11 is 6.69. The molecular formula is C26H20ClN3O2. The normalized spacial score (nSPS) is 14.4. The van der Waals surface area contributed by atoms with Crippen LogP contribution < -0.4 is 5.36 Å². The molecular weight excluding hydrogens is 422 g/mol. The molecule has 0 radical (unpaired) electrons. The van der Waals surface area contributed by atoms with Gasteiger partial charge in [0.1, 0.15) is 11.2 Å². The van der Waals surface area contributed by atoms with E-state index in [1.165, 1.54) is 7.11 Å². The molecule has 0 fully saturated rings. The maximum Gasteiger partial charge on any atom is 0.356 e. The van der Waals surface area contributed by atoms with Crippen LogP contribution in [0.3, 0.4) is 0 Å². The number of aryl methyl sites for hydroxylation is 1. The van der Waals surface area contributed by atoms with Crippen molar-refractivity contribution >= 4 is 50.6 Å². The molecule has 5 nitrogen and oxygen atoms in total. The molecule has 6 heteroatoms. The van der Waals surface area contributed by atoms with Gasteiger partial charge >= 0.3 is 5.97 Å². The van der Waals surface area contributed by atoms with Crippen molar-refractivity contribution in [1.82, 2.24) is 9.38 Å². The average molecular weight is 442 g/mol. The summed E-state index contributed by atoms with van der Waals surface area (Å²) in [6.07, 6.45) is 2.15. The molecule has 0 spiro atoms. The van der Waals surface area contributed by atoms with Crippen molar-refractivity contribution in [2.24, 2.45) is 4.99 Å². The Morgan fingerprint density at radius 3 is 2.69 bits per heavy atom. The van der Waals surface area contributed by atoms with Gasteiger partial charge in [-0.25, -0.2) is 14.8 Å². The highest BCUT2D eigenvalue weighted by molar-refractivity contribution is 6.32. The Morgan fingerprint density at radius 1 is 1.12 bits per heavy atom. The van der Waals surface area contributed by atoms with Gasteiger partial charge in [-0.05, 0) is 30.7 Å². The van der Waals surface area contributed by atoms with E-state index in [0.29, 0.717) is 10.5 Å². The third-order valence-electron chi connectivity index (χ3n) is 6.67.